The van der Waals surface area contributed by atoms with Crippen molar-refractivity contribution in [2.24, 2.45) is 0 Å². The van der Waals surface area contributed by atoms with E-state index in [0.717, 1.165) is 13.0 Å². The standard InChI is InChI=1S/C20H32N6O3.C2H4.C2H2/c1-6-11-23-17-15(13-24-18(21)25-17)10-8-7-9-12-22-16(27)14-26(5)19(28)29-20(2,3)4;2*1-2/h13H,6-7,9,11-12,14H2,1-5H3,(H,22,27)(H3,21,23,24,25);1-2H2;1-2H. The van der Waals surface area contributed by atoms with E-state index in [-0.39, 0.29) is 18.4 Å². The molecule has 0 bridgehead atoms. The van der Waals surface area contributed by atoms with Crippen LogP contribution < -0.4 is 16.4 Å². The lowest BCUT2D eigenvalue weighted by atomic mass is 10.2. The van der Waals surface area contributed by atoms with E-state index in [4.69, 9.17) is 10.5 Å². The van der Waals surface area contributed by atoms with Crippen LogP contribution in [0.25, 0.3) is 0 Å². The van der Waals surface area contributed by atoms with E-state index in [1.165, 1.54) is 11.9 Å². The number of anilines is 2. The van der Waals surface area contributed by atoms with Gasteiger partial charge in [0.2, 0.25) is 11.9 Å². The van der Waals surface area contributed by atoms with E-state index in [2.05, 4.69) is 65.4 Å². The molecule has 1 aromatic heterocycles. The highest BCUT2D eigenvalue weighted by molar-refractivity contribution is 5.82. The van der Waals surface area contributed by atoms with Crippen LogP contribution in [0.5, 0.6) is 0 Å². The van der Waals surface area contributed by atoms with Gasteiger partial charge in [0.1, 0.15) is 18.0 Å². The first-order chi connectivity index (χ1) is 15.6. The topological polar surface area (TPSA) is 122 Å². The molecule has 9 nitrogen and oxygen atoms in total. The summed E-state index contributed by atoms with van der Waals surface area (Å²) in [4.78, 5) is 33.1. The van der Waals surface area contributed by atoms with Gasteiger partial charge in [-0.1, -0.05) is 18.8 Å². The molecule has 0 atom stereocenters. The fourth-order valence-corrected chi connectivity index (χ4v) is 2.10. The van der Waals surface area contributed by atoms with Crippen LogP contribution in [0.4, 0.5) is 16.6 Å². The van der Waals surface area contributed by atoms with Crippen molar-refractivity contribution in [2.45, 2.75) is 52.6 Å². The average Bonchev–Trinajstić information content (AvgIpc) is 2.77. The third-order valence-electron chi connectivity index (χ3n) is 3.46. The predicted octanol–water partition coefficient (Wildman–Crippen LogP) is 3.05. The van der Waals surface area contributed by atoms with Crippen LogP contribution in [-0.2, 0) is 9.53 Å². The number of carbonyl (C=O) groups excluding carboxylic acids is 2. The minimum Gasteiger partial charge on any atom is -0.444 e. The van der Waals surface area contributed by atoms with Crippen molar-refractivity contribution >= 4 is 23.8 Å². The molecule has 0 unspecified atom stereocenters. The molecule has 0 spiro atoms. The van der Waals surface area contributed by atoms with Crippen LogP contribution in [0, 0.1) is 24.7 Å². The van der Waals surface area contributed by atoms with Gasteiger partial charge in [-0.3, -0.25) is 4.79 Å². The quantitative estimate of drug-likeness (QED) is 0.311. The van der Waals surface area contributed by atoms with Crippen molar-refractivity contribution < 1.29 is 14.3 Å². The fourth-order valence-electron chi connectivity index (χ4n) is 2.10. The zero-order valence-corrected chi connectivity index (χ0v) is 20.5. The summed E-state index contributed by atoms with van der Waals surface area (Å²) in [5.41, 5.74) is 5.72. The Morgan fingerprint density at radius 3 is 2.48 bits per heavy atom. The van der Waals surface area contributed by atoms with Gasteiger partial charge < -0.3 is 26.0 Å². The number of carbonyl (C=O) groups is 2. The molecular weight excluding hydrogens is 420 g/mol. The van der Waals surface area contributed by atoms with Crippen LogP contribution in [-0.4, -0.2) is 59.2 Å². The van der Waals surface area contributed by atoms with E-state index >= 15 is 0 Å². The third-order valence-corrected chi connectivity index (χ3v) is 3.46. The van der Waals surface area contributed by atoms with Crippen LogP contribution in [0.1, 0.15) is 52.5 Å². The van der Waals surface area contributed by atoms with Crippen molar-refractivity contribution in [1.29, 1.82) is 0 Å². The Labute approximate surface area is 198 Å². The highest BCUT2D eigenvalue weighted by Crippen LogP contribution is 2.11. The van der Waals surface area contributed by atoms with E-state index in [1.807, 2.05) is 0 Å². The van der Waals surface area contributed by atoms with Gasteiger partial charge in [0.05, 0.1) is 11.8 Å². The van der Waals surface area contributed by atoms with Crippen LogP contribution >= 0.6 is 0 Å². The maximum absolute atomic E-state index is 11.9. The summed E-state index contributed by atoms with van der Waals surface area (Å²) in [6, 6.07) is 0. The number of ether oxygens (including phenoxy) is 1. The number of terminal acetylenes is 1. The summed E-state index contributed by atoms with van der Waals surface area (Å²) in [7, 11) is 1.53. The van der Waals surface area contributed by atoms with E-state index in [0.29, 0.717) is 30.8 Å². The number of hydrogen-bond acceptors (Lipinski definition) is 7. The van der Waals surface area contributed by atoms with Gasteiger partial charge in [-0.25, -0.2) is 9.78 Å². The SMILES string of the molecule is C#C.C=C.CCCNc1nc(N)ncc1C#CCCCNC(=O)CN(C)C(=O)OC(C)(C)C. The Bertz CT molecular complexity index is 806. The van der Waals surface area contributed by atoms with Gasteiger partial charge >= 0.3 is 6.09 Å². The normalized spacial score (nSPS) is 9.42. The van der Waals surface area contributed by atoms with Crippen molar-refractivity contribution in [2.75, 3.05) is 37.7 Å². The molecule has 0 radical (unpaired) electrons. The summed E-state index contributed by atoms with van der Waals surface area (Å²) >= 11 is 0. The predicted molar refractivity (Wildman–Crippen MR) is 134 cm³/mol. The molecule has 1 heterocycles. The highest BCUT2D eigenvalue weighted by atomic mass is 16.6. The largest absolute Gasteiger partial charge is 0.444 e. The zero-order chi connectivity index (χ0) is 25.9. The summed E-state index contributed by atoms with van der Waals surface area (Å²) in [6.45, 7) is 14.6. The Morgan fingerprint density at radius 1 is 1.27 bits per heavy atom. The van der Waals surface area contributed by atoms with Crippen molar-refractivity contribution in [3.63, 3.8) is 0 Å². The monoisotopic (exact) mass is 458 g/mol. The Kier molecular flexibility index (Phi) is 17.1. The second-order valence-electron chi connectivity index (χ2n) is 7.51. The molecule has 4 N–H and O–H groups in total. The number of nitrogens with one attached hydrogen (secondary N) is 2. The van der Waals surface area contributed by atoms with Crippen LogP contribution in [0.2, 0.25) is 0 Å². The lowest BCUT2D eigenvalue weighted by molar-refractivity contribution is -0.122. The number of nitrogen functional groups attached to an aromatic ring is 1. The average molecular weight is 459 g/mol. The lowest BCUT2D eigenvalue weighted by Crippen LogP contribution is -2.41. The molecule has 0 saturated heterocycles. The minimum absolute atomic E-state index is 0.0597. The molecule has 33 heavy (non-hydrogen) atoms. The molecular formula is C24H38N6O3. The minimum atomic E-state index is -0.595. The first-order valence-electron chi connectivity index (χ1n) is 10.5. The third kappa shape index (κ3) is 15.7. The van der Waals surface area contributed by atoms with Crippen LogP contribution in [0.3, 0.4) is 0 Å². The smallest absolute Gasteiger partial charge is 0.410 e. The van der Waals surface area contributed by atoms with E-state index in [1.54, 1.807) is 27.0 Å². The Morgan fingerprint density at radius 2 is 1.91 bits per heavy atom. The molecule has 1 rings (SSSR count). The first kappa shape index (κ1) is 31.5. The van der Waals surface area contributed by atoms with E-state index in [9.17, 15) is 9.59 Å². The molecule has 0 aliphatic carbocycles. The number of likely N-dealkylation sites (N-methyl/N-ethyl adjacent to an activating group) is 1. The van der Waals surface area contributed by atoms with Gasteiger partial charge in [-0.15, -0.1) is 26.0 Å². The number of amides is 2. The number of nitrogens with two attached hydrogens (primary N) is 1. The van der Waals surface area contributed by atoms with Gasteiger partial charge in [0, 0.05) is 26.6 Å². The molecule has 0 aliphatic rings. The Hall–Kier alpha value is -3.72. The maximum atomic E-state index is 11.9. The molecule has 0 saturated carbocycles. The van der Waals surface area contributed by atoms with Crippen LogP contribution in [0.15, 0.2) is 19.4 Å². The number of rotatable bonds is 8. The zero-order valence-electron chi connectivity index (χ0n) is 20.5. The molecule has 0 aromatic carbocycles. The fraction of sp³-hybridized carbons (Fsp3) is 0.500. The van der Waals surface area contributed by atoms with Gasteiger partial charge in [-0.05, 0) is 33.6 Å². The van der Waals surface area contributed by atoms with Crippen molar-refractivity contribution in [3.05, 3.63) is 24.9 Å². The second-order valence-corrected chi connectivity index (χ2v) is 7.51. The van der Waals surface area contributed by atoms with E-state index < -0.39 is 11.7 Å². The summed E-state index contributed by atoms with van der Waals surface area (Å²) < 4.78 is 5.21. The summed E-state index contributed by atoms with van der Waals surface area (Å²) in [5, 5.41) is 5.95. The molecule has 1 aromatic rings. The second kappa shape index (κ2) is 17.9. The molecule has 9 heteroatoms. The number of aromatic nitrogens is 2. The highest BCUT2D eigenvalue weighted by Gasteiger charge is 2.20. The number of unbranched alkanes of at least 4 members (excludes halogenated alkanes) is 1. The summed E-state index contributed by atoms with van der Waals surface area (Å²) in [6.07, 6.45) is 11.3. The first-order valence-corrected chi connectivity index (χ1v) is 10.5. The summed E-state index contributed by atoms with van der Waals surface area (Å²) in [5.74, 6) is 6.67. The maximum Gasteiger partial charge on any atom is 0.410 e. The van der Waals surface area contributed by atoms with Gasteiger partial charge in [0.25, 0.3) is 0 Å². The van der Waals surface area contributed by atoms with Gasteiger partial charge in [-0.2, -0.15) is 4.98 Å². The molecule has 182 valence electrons. The Balaban J connectivity index is 0. The van der Waals surface area contributed by atoms with Crippen molar-refractivity contribution in [1.82, 2.24) is 20.2 Å². The molecule has 0 fully saturated rings. The van der Waals surface area contributed by atoms with Gasteiger partial charge in [0.15, 0.2) is 0 Å². The number of hydrogen-bond donors (Lipinski definition) is 3. The molecule has 0 aliphatic heterocycles. The lowest BCUT2D eigenvalue weighted by Gasteiger charge is -2.24. The number of nitrogens with zero attached hydrogens (tertiary/aromatic N) is 3. The van der Waals surface area contributed by atoms with Crippen molar-refractivity contribution in [3.8, 4) is 24.7 Å². The molecule has 2 amide bonds.